The van der Waals surface area contributed by atoms with Gasteiger partial charge in [-0.05, 0) is 68.1 Å². The zero-order chi connectivity index (χ0) is 21.9. The Kier molecular flexibility index (Phi) is 8.58. The Morgan fingerprint density at radius 3 is 2.33 bits per heavy atom. The number of carbonyl (C=O) groups excluding carboxylic acids is 3. The van der Waals surface area contributed by atoms with Gasteiger partial charge >= 0.3 is 6.09 Å². The lowest BCUT2D eigenvalue weighted by Gasteiger charge is -2.19. The van der Waals surface area contributed by atoms with Crippen molar-refractivity contribution in [1.29, 1.82) is 0 Å². The second-order valence-corrected chi connectivity index (χ2v) is 6.55. The zero-order valence-electron chi connectivity index (χ0n) is 16.5. The first kappa shape index (κ1) is 22.6. The number of hydrogen-bond acceptors (Lipinski definition) is 6. The van der Waals surface area contributed by atoms with Crippen molar-refractivity contribution in [2.24, 2.45) is 0 Å². The van der Waals surface area contributed by atoms with Crippen LogP contribution in [0.4, 0.5) is 10.5 Å². The number of benzene rings is 2. The summed E-state index contributed by atoms with van der Waals surface area (Å²) in [5, 5.41) is 20.6. The van der Waals surface area contributed by atoms with E-state index in [1.165, 1.54) is 30.6 Å². The van der Waals surface area contributed by atoms with E-state index in [0.29, 0.717) is 36.1 Å². The van der Waals surface area contributed by atoms with E-state index in [2.05, 4.69) is 5.32 Å². The van der Waals surface area contributed by atoms with Crippen LogP contribution in [0.1, 0.15) is 48.2 Å². The quantitative estimate of drug-likeness (QED) is 0.161. The van der Waals surface area contributed by atoms with Crippen LogP contribution in [0, 0.1) is 0 Å². The van der Waals surface area contributed by atoms with Crippen molar-refractivity contribution in [3.05, 3.63) is 71.8 Å². The number of phenols is 1. The van der Waals surface area contributed by atoms with Crippen LogP contribution in [0.3, 0.4) is 0 Å². The number of nitrogens with one attached hydrogen (secondary N) is 2. The fourth-order valence-corrected chi connectivity index (χ4v) is 2.70. The second-order valence-electron chi connectivity index (χ2n) is 6.55. The highest BCUT2D eigenvalue weighted by Gasteiger charge is 2.17. The molecule has 2 aromatic carbocycles. The molecular weight excluding hydrogens is 388 g/mol. The van der Waals surface area contributed by atoms with Gasteiger partial charge in [-0.15, -0.1) is 0 Å². The largest absolute Gasteiger partial charge is 0.508 e. The number of aromatic hydroxyl groups is 1. The number of ketones is 1. The topological polar surface area (TPSA) is 125 Å². The molecule has 0 aliphatic heterocycles. The molecule has 8 heteroatoms. The third kappa shape index (κ3) is 7.40. The van der Waals surface area contributed by atoms with Crippen LogP contribution < -0.4 is 10.8 Å². The number of anilines is 1. The van der Waals surface area contributed by atoms with Crippen LogP contribution in [0.25, 0.3) is 0 Å². The lowest BCUT2D eigenvalue weighted by molar-refractivity contribution is -0.124. The number of rotatable bonds is 9. The summed E-state index contributed by atoms with van der Waals surface area (Å²) in [6, 6.07) is 12.8. The van der Waals surface area contributed by atoms with Gasteiger partial charge in [0.15, 0.2) is 5.78 Å². The Morgan fingerprint density at radius 1 is 1.07 bits per heavy atom. The highest BCUT2D eigenvalue weighted by molar-refractivity contribution is 5.95. The molecule has 0 aromatic heterocycles. The SMILES string of the molecule is CC(=O)c1ccc(NC(=O)O[C@H](CCC/C=C/C(=O)NO)c2ccc(O)cc2)cc1. The molecule has 1 atom stereocenters. The summed E-state index contributed by atoms with van der Waals surface area (Å²) in [7, 11) is 0. The average Bonchev–Trinajstić information content (AvgIpc) is 2.73. The van der Waals surface area contributed by atoms with Crippen LogP contribution >= 0.6 is 0 Å². The van der Waals surface area contributed by atoms with Crippen LogP contribution in [0.5, 0.6) is 5.75 Å². The minimum absolute atomic E-state index is 0.0676. The van der Waals surface area contributed by atoms with E-state index in [-0.39, 0.29) is 11.5 Å². The number of hydroxylamine groups is 1. The fraction of sp³-hybridized carbons (Fsp3) is 0.227. The first-order chi connectivity index (χ1) is 14.4. The lowest BCUT2D eigenvalue weighted by Crippen LogP contribution is -2.17. The van der Waals surface area contributed by atoms with Crippen molar-refractivity contribution in [2.45, 2.75) is 32.3 Å². The third-order valence-electron chi connectivity index (χ3n) is 4.27. The van der Waals surface area contributed by atoms with Crippen molar-refractivity contribution < 1.29 is 29.4 Å². The van der Waals surface area contributed by atoms with Crippen molar-refractivity contribution >= 4 is 23.5 Å². The van der Waals surface area contributed by atoms with E-state index in [9.17, 15) is 19.5 Å². The van der Waals surface area contributed by atoms with Gasteiger partial charge in [0.2, 0.25) is 0 Å². The van der Waals surface area contributed by atoms with E-state index >= 15 is 0 Å². The number of phenolic OH excluding ortho intramolecular Hbond substituents is 1. The predicted octanol–water partition coefficient (Wildman–Crippen LogP) is 4.12. The number of carbonyl (C=O) groups is 3. The van der Waals surface area contributed by atoms with Crippen LogP contribution in [0.2, 0.25) is 0 Å². The summed E-state index contributed by atoms with van der Waals surface area (Å²) in [4.78, 5) is 34.7. The van der Waals surface area contributed by atoms with Crippen LogP contribution in [-0.2, 0) is 9.53 Å². The summed E-state index contributed by atoms with van der Waals surface area (Å²) >= 11 is 0. The fourth-order valence-electron chi connectivity index (χ4n) is 2.70. The molecule has 4 N–H and O–H groups in total. The Bertz CT molecular complexity index is 891. The van der Waals surface area contributed by atoms with E-state index in [0.717, 1.165) is 0 Å². The molecule has 158 valence electrons. The maximum atomic E-state index is 12.4. The summed E-state index contributed by atoms with van der Waals surface area (Å²) in [5.41, 5.74) is 3.26. The minimum Gasteiger partial charge on any atom is -0.508 e. The van der Waals surface area contributed by atoms with Crippen LogP contribution in [0.15, 0.2) is 60.7 Å². The highest BCUT2D eigenvalue weighted by atomic mass is 16.6. The van der Waals surface area contributed by atoms with Gasteiger partial charge in [-0.2, -0.15) is 0 Å². The summed E-state index contributed by atoms with van der Waals surface area (Å²) in [6.07, 6.45) is 3.23. The van der Waals surface area contributed by atoms with Crippen molar-refractivity contribution in [3.63, 3.8) is 0 Å². The second kappa shape index (κ2) is 11.4. The van der Waals surface area contributed by atoms with Gasteiger partial charge < -0.3 is 9.84 Å². The Morgan fingerprint density at radius 2 is 1.73 bits per heavy atom. The van der Waals surface area contributed by atoms with E-state index in [4.69, 9.17) is 9.94 Å². The highest BCUT2D eigenvalue weighted by Crippen LogP contribution is 2.26. The van der Waals surface area contributed by atoms with Crippen LogP contribution in [-0.4, -0.2) is 28.1 Å². The molecule has 0 bridgehead atoms. The zero-order valence-corrected chi connectivity index (χ0v) is 16.5. The van der Waals surface area contributed by atoms with Gasteiger partial charge in [-0.25, -0.2) is 10.3 Å². The number of amides is 2. The molecule has 0 unspecified atom stereocenters. The lowest BCUT2D eigenvalue weighted by atomic mass is 10.0. The maximum Gasteiger partial charge on any atom is 0.412 e. The summed E-state index contributed by atoms with van der Waals surface area (Å²) in [5.74, 6) is -0.580. The third-order valence-corrected chi connectivity index (χ3v) is 4.27. The van der Waals surface area contributed by atoms with E-state index in [1.54, 1.807) is 42.5 Å². The molecule has 0 radical (unpaired) electrons. The number of Topliss-reactive ketones (excluding diaryl/α,β-unsaturated/α-hetero) is 1. The van der Waals surface area contributed by atoms with Gasteiger partial charge in [0, 0.05) is 17.3 Å². The molecule has 0 aliphatic rings. The molecule has 30 heavy (non-hydrogen) atoms. The van der Waals surface area contributed by atoms with Gasteiger partial charge in [0.25, 0.3) is 5.91 Å². The molecule has 0 spiro atoms. The standard InChI is InChI=1S/C22H24N2O6/c1-15(25)16-7-11-18(12-8-16)23-22(28)30-20(17-9-13-19(26)14-10-17)5-3-2-4-6-21(27)24-29/h4,6-14,20,26,29H,2-3,5H2,1H3,(H,23,28)(H,24,27)/b6-4+/t20-/m1/s1. The number of hydrogen-bond donors (Lipinski definition) is 4. The molecule has 0 fully saturated rings. The Labute approximate surface area is 174 Å². The molecule has 2 aromatic rings. The van der Waals surface area contributed by atoms with E-state index < -0.39 is 18.1 Å². The van der Waals surface area contributed by atoms with Gasteiger partial charge in [-0.1, -0.05) is 18.2 Å². The molecule has 0 heterocycles. The smallest absolute Gasteiger partial charge is 0.412 e. The molecule has 2 amide bonds. The van der Waals surface area contributed by atoms with E-state index in [1.807, 2.05) is 0 Å². The number of unbranched alkanes of at least 4 members (excludes halogenated alkanes) is 1. The monoisotopic (exact) mass is 412 g/mol. The molecule has 8 nitrogen and oxygen atoms in total. The molecule has 0 saturated heterocycles. The van der Waals surface area contributed by atoms with Crippen molar-refractivity contribution in [2.75, 3.05) is 5.32 Å². The predicted molar refractivity (Wildman–Crippen MR) is 110 cm³/mol. The molecule has 2 rings (SSSR count). The average molecular weight is 412 g/mol. The van der Waals surface area contributed by atoms with Gasteiger partial charge in [0.05, 0.1) is 0 Å². The maximum absolute atomic E-state index is 12.4. The van der Waals surface area contributed by atoms with Gasteiger partial charge in [0.1, 0.15) is 11.9 Å². The minimum atomic E-state index is -0.654. The molecule has 0 saturated carbocycles. The first-order valence-electron chi connectivity index (χ1n) is 9.37. The first-order valence-corrected chi connectivity index (χ1v) is 9.37. The number of allylic oxidation sites excluding steroid dienone is 1. The summed E-state index contributed by atoms with van der Waals surface area (Å²) < 4.78 is 5.56. The number of ether oxygens (including phenoxy) is 1. The summed E-state index contributed by atoms with van der Waals surface area (Å²) in [6.45, 7) is 1.46. The van der Waals surface area contributed by atoms with Crippen molar-refractivity contribution in [1.82, 2.24) is 5.48 Å². The Hall–Kier alpha value is -3.65. The van der Waals surface area contributed by atoms with Gasteiger partial charge in [-0.3, -0.25) is 20.1 Å². The molecule has 0 aliphatic carbocycles. The normalized spacial score (nSPS) is 11.7. The van der Waals surface area contributed by atoms with Crippen molar-refractivity contribution in [3.8, 4) is 5.75 Å². The Balaban J connectivity index is 1.99. The molecular formula is C22H24N2O6.